The summed E-state index contributed by atoms with van der Waals surface area (Å²) >= 11 is 0. The first-order valence-electron chi connectivity index (χ1n) is 7.61. The third kappa shape index (κ3) is 4.41. The number of para-hydroxylation sites is 1. The molecule has 0 atom stereocenters. The summed E-state index contributed by atoms with van der Waals surface area (Å²) in [6.07, 6.45) is 5.25. The Morgan fingerprint density at radius 1 is 1.10 bits per heavy atom. The fourth-order valence-electron chi connectivity index (χ4n) is 2.16. The molecule has 0 aliphatic rings. The highest BCUT2D eigenvalue weighted by atomic mass is 15.3. The number of nitrogens with one attached hydrogen (secondary N) is 1. The first-order valence-corrected chi connectivity index (χ1v) is 7.61. The molecule has 0 aliphatic carbocycles. The Hall–Kier alpha value is -2.17. The van der Waals surface area contributed by atoms with E-state index in [1.807, 2.05) is 18.2 Å². The van der Waals surface area contributed by atoms with Crippen LogP contribution in [0.25, 0.3) is 0 Å². The zero-order valence-electron chi connectivity index (χ0n) is 12.8. The second-order valence-electron chi connectivity index (χ2n) is 4.85. The van der Waals surface area contributed by atoms with Crippen LogP contribution in [0.5, 0.6) is 0 Å². The van der Waals surface area contributed by atoms with Gasteiger partial charge in [0.05, 0.1) is 6.20 Å². The molecule has 5 nitrogen and oxygen atoms in total. The van der Waals surface area contributed by atoms with Gasteiger partial charge in [-0.05, 0) is 25.5 Å². The van der Waals surface area contributed by atoms with Gasteiger partial charge in [0.2, 0.25) is 5.95 Å². The van der Waals surface area contributed by atoms with Crippen molar-refractivity contribution in [3.8, 4) is 0 Å². The normalized spacial score (nSPS) is 10.4. The third-order valence-corrected chi connectivity index (χ3v) is 3.27. The van der Waals surface area contributed by atoms with Crippen LogP contribution in [0, 0.1) is 0 Å². The molecule has 1 N–H and O–H groups in total. The molecule has 2 rings (SSSR count). The SMILES string of the molecule is CCCCCNc1nncc(N(CC)c2ccccc2)n1. The van der Waals surface area contributed by atoms with E-state index < -0.39 is 0 Å². The van der Waals surface area contributed by atoms with E-state index in [0.717, 1.165) is 31.0 Å². The molecule has 1 aromatic heterocycles. The van der Waals surface area contributed by atoms with Gasteiger partial charge in [0, 0.05) is 18.8 Å². The highest BCUT2D eigenvalue weighted by Crippen LogP contribution is 2.22. The Kier molecular flexibility index (Phi) is 5.94. The van der Waals surface area contributed by atoms with E-state index in [1.54, 1.807) is 6.20 Å². The predicted molar refractivity (Wildman–Crippen MR) is 87.0 cm³/mol. The van der Waals surface area contributed by atoms with Gasteiger partial charge in [0.25, 0.3) is 0 Å². The minimum absolute atomic E-state index is 0.595. The molecule has 0 aliphatic heterocycles. The van der Waals surface area contributed by atoms with Crippen LogP contribution in [-0.2, 0) is 0 Å². The lowest BCUT2D eigenvalue weighted by Crippen LogP contribution is -2.19. The van der Waals surface area contributed by atoms with Gasteiger partial charge in [-0.3, -0.25) is 0 Å². The summed E-state index contributed by atoms with van der Waals surface area (Å²) in [5.41, 5.74) is 1.11. The van der Waals surface area contributed by atoms with E-state index in [1.165, 1.54) is 12.8 Å². The molecule has 1 aromatic carbocycles. The van der Waals surface area contributed by atoms with Crippen LogP contribution < -0.4 is 10.2 Å². The van der Waals surface area contributed by atoms with Gasteiger partial charge < -0.3 is 10.2 Å². The number of hydrogen-bond donors (Lipinski definition) is 1. The second kappa shape index (κ2) is 8.19. The molecule has 5 heteroatoms. The highest BCUT2D eigenvalue weighted by Gasteiger charge is 2.10. The molecule has 0 spiro atoms. The van der Waals surface area contributed by atoms with Crippen molar-refractivity contribution in [3.63, 3.8) is 0 Å². The molecule has 0 radical (unpaired) electrons. The van der Waals surface area contributed by atoms with Crippen molar-refractivity contribution in [1.29, 1.82) is 0 Å². The second-order valence-corrected chi connectivity index (χ2v) is 4.85. The minimum atomic E-state index is 0.595. The van der Waals surface area contributed by atoms with Gasteiger partial charge in [-0.2, -0.15) is 10.1 Å². The monoisotopic (exact) mass is 285 g/mol. The molecule has 0 amide bonds. The average Bonchev–Trinajstić information content (AvgIpc) is 2.54. The molecule has 0 saturated heterocycles. The molecule has 2 aromatic rings. The molecule has 0 fully saturated rings. The molecule has 1 heterocycles. The Balaban J connectivity index is 2.08. The van der Waals surface area contributed by atoms with Crippen LogP contribution in [0.4, 0.5) is 17.5 Å². The lowest BCUT2D eigenvalue weighted by molar-refractivity contribution is 0.738. The maximum Gasteiger partial charge on any atom is 0.244 e. The summed E-state index contributed by atoms with van der Waals surface area (Å²) in [5, 5.41) is 11.3. The summed E-state index contributed by atoms with van der Waals surface area (Å²) in [4.78, 5) is 6.68. The first-order chi connectivity index (χ1) is 10.3. The molecule has 0 unspecified atom stereocenters. The Bertz CT molecular complexity index is 529. The van der Waals surface area contributed by atoms with E-state index in [9.17, 15) is 0 Å². The van der Waals surface area contributed by atoms with Gasteiger partial charge >= 0.3 is 0 Å². The smallest absolute Gasteiger partial charge is 0.244 e. The number of anilines is 3. The van der Waals surface area contributed by atoms with E-state index in [2.05, 4.69) is 51.4 Å². The summed E-state index contributed by atoms with van der Waals surface area (Å²) in [6.45, 7) is 6.01. The lowest BCUT2D eigenvalue weighted by atomic mass is 10.2. The lowest BCUT2D eigenvalue weighted by Gasteiger charge is -2.21. The maximum absolute atomic E-state index is 4.56. The summed E-state index contributed by atoms with van der Waals surface area (Å²) < 4.78 is 0. The molecular formula is C16H23N5. The fourth-order valence-corrected chi connectivity index (χ4v) is 2.16. The van der Waals surface area contributed by atoms with E-state index in [4.69, 9.17) is 0 Å². The quantitative estimate of drug-likeness (QED) is 0.751. The molecule has 0 bridgehead atoms. The van der Waals surface area contributed by atoms with Crippen LogP contribution >= 0.6 is 0 Å². The minimum Gasteiger partial charge on any atom is -0.353 e. The molecule has 21 heavy (non-hydrogen) atoms. The molecule has 112 valence electrons. The first kappa shape index (κ1) is 15.2. The Morgan fingerprint density at radius 2 is 1.90 bits per heavy atom. The van der Waals surface area contributed by atoms with Crippen molar-refractivity contribution in [2.75, 3.05) is 23.3 Å². The predicted octanol–water partition coefficient (Wildman–Crippen LogP) is 3.63. The summed E-state index contributed by atoms with van der Waals surface area (Å²) in [5.74, 6) is 1.41. The highest BCUT2D eigenvalue weighted by molar-refractivity contribution is 5.59. The number of hydrogen-bond acceptors (Lipinski definition) is 5. The average molecular weight is 285 g/mol. The van der Waals surface area contributed by atoms with Crippen molar-refractivity contribution in [1.82, 2.24) is 15.2 Å². The number of rotatable bonds is 8. The van der Waals surface area contributed by atoms with Crippen LogP contribution in [-0.4, -0.2) is 28.3 Å². The Morgan fingerprint density at radius 3 is 2.62 bits per heavy atom. The van der Waals surface area contributed by atoms with Gasteiger partial charge in [0.1, 0.15) is 0 Å². The van der Waals surface area contributed by atoms with E-state index >= 15 is 0 Å². The summed E-state index contributed by atoms with van der Waals surface area (Å²) in [7, 11) is 0. The van der Waals surface area contributed by atoms with Crippen LogP contribution in [0.3, 0.4) is 0 Å². The van der Waals surface area contributed by atoms with Crippen molar-refractivity contribution < 1.29 is 0 Å². The zero-order valence-corrected chi connectivity index (χ0v) is 12.8. The molecule has 0 saturated carbocycles. The van der Waals surface area contributed by atoms with Crippen LogP contribution in [0.1, 0.15) is 33.1 Å². The van der Waals surface area contributed by atoms with Gasteiger partial charge in [-0.25, -0.2) is 0 Å². The van der Waals surface area contributed by atoms with Crippen molar-refractivity contribution in [2.45, 2.75) is 33.1 Å². The van der Waals surface area contributed by atoms with Gasteiger partial charge in [0.15, 0.2) is 5.82 Å². The third-order valence-electron chi connectivity index (χ3n) is 3.27. The Labute approximate surface area is 126 Å². The van der Waals surface area contributed by atoms with E-state index in [-0.39, 0.29) is 0 Å². The summed E-state index contributed by atoms with van der Waals surface area (Å²) in [6, 6.07) is 10.2. The van der Waals surface area contributed by atoms with Crippen molar-refractivity contribution >= 4 is 17.5 Å². The number of nitrogens with zero attached hydrogens (tertiary/aromatic N) is 4. The standard InChI is InChI=1S/C16H23N5/c1-3-5-9-12-17-16-19-15(13-18-20-16)21(4-2)14-10-7-6-8-11-14/h6-8,10-11,13H,3-5,9,12H2,1-2H3,(H,17,19,20). The number of aromatic nitrogens is 3. The fraction of sp³-hybridized carbons (Fsp3) is 0.438. The van der Waals surface area contributed by atoms with Crippen LogP contribution in [0.15, 0.2) is 36.5 Å². The largest absolute Gasteiger partial charge is 0.353 e. The molecular weight excluding hydrogens is 262 g/mol. The van der Waals surface area contributed by atoms with E-state index in [0.29, 0.717) is 5.95 Å². The topological polar surface area (TPSA) is 53.9 Å². The number of benzene rings is 1. The van der Waals surface area contributed by atoms with Gasteiger partial charge in [-0.15, -0.1) is 5.10 Å². The van der Waals surface area contributed by atoms with Crippen LogP contribution in [0.2, 0.25) is 0 Å². The van der Waals surface area contributed by atoms with Crippen molar-refractivity contribution in [3.05, 3.63) is 36.5 Å². The zero-order chi connectivity index (χ0) is 14.9. The maximum atomic E-state index is 4.56. The number of unbranched alkanes of at least 4 members (excludes halogenated alkanes) is 2. The van der Waals surface area contributed by atoms with Gasteiger partial charge in [-0.1, -0.05) is 38.0 Å². The van der Waals surface area contributed by atoms with Crippen molar-refractivity contribution in [2.24, 2.45) is 0 Å².